The minimum absolute atomic E-state index is 0.132. The van der Waals surface area contributed by atoms with Gasteiger partial charge in [-0.3, -0.25) is 4.79 Å². The van der Waals surface area contributed by atoms with Gasteiger partial charge in [0, 0.05) is 18.7 Å². The van der Waals surface area contributed by atoms with E-state index < -0.39 is 0 Å². The maximum Gasteiger partial charge on any atom is 0.251 e. The molecular formula is C16H19NO4. The molecule has 112 valence electrons. The Morgan fingerprint density at radius 3 is 3.14 bits per heavy atom. The van der Waals surface area contributed by atoms with E-state index in [0.717, 1.165) is 24.8 Å². The van der Waals surface area contributed by atoms with Gasteiger partial charge >= 0.3 is 0 Å². The van der Waals surface area contributed by atoms with Crippen molar-refractivity contribution in [1.82, 2.24) is 5.32 Å². The van der Waals surface area contributed by atoms with E-state index in [9.17, 15) is 4.79 Å². The summed E-state index contributed by atoms with van der Waals surface area (Å²) in [6, 6.07) is 5.34. The summed E-state index contributed by atoms with van der Waals surface area (Å²) in [7, 11) is 0. The zero-order valence-electron chi connectivity index (χ0n) is 12.1. The zero-order valence-corrected chi connectivity index (χ0v) is 12.1. The molecular weight excluding hydrogens is 270 g/mol. The first kappa shape index (κ1) is 13.9. The summed E-state index contributed by atoms with van der Waals surface area (Å²) in [6.07, 6.45) is 3.80. The van der Waals surface area contributed by atoms with Crippen LogP contribution in [0.2, 0.25) is 0 Å². The number of fused-ring (bicyclic) bond motifs is 1. The molecule has 1 N–H and O–H groups in total. The monoisotopic (exact) mass is 289 g/mol. The molecule has 0 spiro atoms. The molecule has 0 radical (unpaired) electrons. The number of benzene rings is 1. The molecule has 1 aromatic carbocycles. The number of furan rings is 1. The predicted octanol–water partition coefficient (Wildman–Crippen LogP) is 2.74. The molecule has 1 fully saturated rings. The Hall–Kier alpha value is -2.01. The molecule has 1 saturated heterocycles. The number of rotatable bonds is 5. The van der Waals surface area contributed by atoms with Crippen LogP contribution in [0.15, 0.2) is 28.9 Å². The van der Waals surface area contributed by atoms with Gasteiger partial charge in [-0.1, -0.05) is 0 Å². The third-order valence-corrected chi connectivity index (χ3v) is 3.61. The molecule has 0 saturated carbocycles. The topological polar surface area (TPSA) is 60.7 Å². The second-order valence-corrected chi connectivity index (χ2v) is 5.08. The van der Waals surface area contributed by atoms with Gasteiger partial charge < -0.3 is 19.2 Å². The third kappa shape index (κ3) is 3.03. The van der Waals surface area contributed by atoms with Crippen molar-refractivity contribution < 1.29 is 18.7 Å². The average Bonchev–Trinajstić information content (AvgIpc) is 3.16. The molecule has 0 unspecified atom stereocenters. The van der Waals surface area contributed by atoms with Gasteiger partial charge in [-0.05, 0) is 38.0 Å². The fourth-order valence-electron chi connectivity index (χ4n) is 2.56. The quantitative estimate of drug-likeness (QED) is 0.919. The molecule has 0 aliphatic carbocycles. The molecule has 2 aromatic rings. The van der Waals surface area contributed by atoms with Crippen LogP contribution >= 0.6 is 0 Å². The van der Waals surface area contributed by atoms with Crippen LogP contribution < -0.4 is 10.1 Å². The Kier molecular flexibility index (Phi) is 4.10. The summed E-state index contributed by atoms with van der Waals surface area (Å²) >= 11 is 0. The van der Waals surface area contributed by atoms with Gasteiger partial charge in [0.05, 0.1) is 24.4 Å². The van der Waals surface area contributed by atoms with Gasteiger partial charge in [0.1, 0.15) is 11.3 Å². The summed E-state index contributed by atoms with van der Waals surface area (Å²) in [5.41, 5.74) is 1.20. The Morgan fingerprint density at radius 2 is 2.38 bits per heavy atom. The van der Waals surface area contributed by atoms with Crippen LogP contribution in [-0.2, 0) is 4.74 Å². The van der Waals surface area contributed by atoms with Crippen LogP contribution in [0.1, 0.15) is 30.1 Å². The van der Waals surface area contributed by atoms with Crippen molar-refractivity contribution >= 4 is 16.9 Å². The number of ether oxygens (including phenoxy) is 2. The lowest BCUT2D eigenvalue weighted by molar-refractivity contribution is 0.0857. The number of carbonyl (C=O) groups excluding carboxylic acids is 1. The Bertz CT molecular complexity index is 628. The van der Waals surface area contributed by atoms with E-state index in [-0.39, 0.29) is 12.0 Å². The lowest BCUT2D eigenvalue weighted by Gasteiger charge is -2.12. The fraction of sp³-hybridized carbons (Fsp3) is 0.438. The minimum atomic E-state index is -0.134. The number of hydrogen-bond donors (Lipinski definition) is 1. The van der Waals surface area contributed by atoms with Gasteiger partial charge in [-0.15, -0.1) is 0 Å². The van der Waals surface area contributed by atoms with Gasteiger partial charge in [0.2, 0.25) is 0 Å². The number of amides is 1. The van der Waals surface area contributed by atoms with Crippen LogP contribution in [0.4, 0.5) is 0 Å². The van der Waals surface area contributed by atoms with E-state index in [0.29, 0.717) is 30.0 Å². The van der Waals surface area contributed by atoms with E-state index >= 15 is 0 Å². The Morgan fingerprint density at radius 1 is 1.48 bits per heavy atom. The third-order valence-electron chi connectivity index (χ3n) is 3.61. The molecule has 1 aliphatic rings. The second-order valence-electron chi connectivity index (χ2n) is 5.08. The summed E-state index contributed by atoms with van der Waals surface area (Å²) in [5.74, 6) is 0.538. The SMILES string of the molecule is CCOc1cc(C(=O)NC[C@@H]2CCCO2)cc2occc12. The number of nitrogens with one attached hydrogen (secondary N) is 1. The van der Waals surface area contributed by atoms with Crippen molar-refractivity contribution in [3.63, 3.8) is 0 Å². The predicted molar refractivity (Wildman–Crippen MR) is 78.7 cm³/mol. The van der Waals surface area contributed by atoms with E-state index in [2.05, 4.69) is 5.32 Å². The van der Waals surface area contributed by atoms with Crippen molar-refractivity contribution in [2.45, 2.75) is 25.9 Å². The largest absolute Gasteiger partial charge is 0.493 e. The molecule has 21 heavy (non-hydrogen) atoms. The molecule has 1 atom stereocenters. The van der Waals surface area contributed by atoms with Gasteiger partial charge in [0.15, 0.2) is 0 Å². The zero-order chi connectivity index (χ0) is 14.7. The lowest BCUT2D eigenvalue weighted by atomic mass is 10.1. The highest BCUT2D eigenvalue weighted by Gasteiger charge is 2.18. The molecule has 1 aromatic heterocycles. The smallest absolute Gasteiger partial charge is 0.251 e. The van der Waals surface area contributed by atoms with Crippen LogP contribution in [0, 0.1) is 0 Å². The molecule has 3 rings (SSSR count). The summed E-state index contributed by atoms with van der Waals surface area (Å²) in [4.78, 5) is 12.3. The van der Waals surface area contributed by atoms with Gasteiger partial charge in [-0.2, -0.15) is 0 Å². The maximum atomic E-state index is 12.3. The fourth-order valence-corrected chi connectivity index (χ4v) is 2.56. The van der Waals surface area contributed by atoms with Crippen molar-refractivity contribution in [2.24, 2.45) is 0 Å². The van der Waals surface area contributed by atoms with Crippen LogP contribution in [0.25, 0.3) is 11.0 Å². The highest BCUT2D eigenvalue weighted by atomic mass is 16.5. The molecule has 0 bridgehead atoms. The summed E-state index contributed by atoms with van der Waals surface area (Å²) in [6.45, 7) is 3.78. The van der Waals surface area contributed by atoms with Crippen molar-refractivity contribution in [3.8, 4) is 5.75 Å². The first-order valence-corrected chi connectivity index (χ1v) is 7.31. The highest BCUT2D eigenvalue weighted by Crippen LogP contribution is 2.28. The van der Waals surface area contributed by atoms with E-state index in [1.807, 2.05) is 13.0 Å². The Labute approximate surface area is 123 Å². The van der Waals surface area contributed by atoms with Crippen molar-refractivity contribution in [2.75, 3.05) is 19.8 Å². The molecule has 1 aliphatic heterocycles. The molecule has 2 heterocycles. The van der Waals surface area contributed by atoms with E-state index in [1.165, 1.54) is 0 Å². The summed E-state index contributed by atoms with van der Waals surface area (Å²) in [5, 5.41) is 3.79. The first-order chi connectivity index (χ1) is 10.3. The minimum Gasteiger partial charge on any atom is -0.493 e. The summed E-state index contributed by atoms with van der Waals surface area (Å²) < 4.78 is 16.5. The lowest BCUT2D eigenvalue weighted by Crippen LogP contribution is -2.31. The number of carbonyl (C=O) groups is 1. The number of hydrogen-bond acceptors (Lipinski definition) is 4. The van der Waals surface area contributed by atoms with Gasteiger partial charge in [-0.25, -0.2) is 0 Å². The standard InChI is InChI=1S/C16H19NO4/c1-2-19-14-8-11(9-15-13(14)5-7-21-15)16(18)17-10-12-4-3-6-20-12/h5,7-9,12H,2-4,6,10H2,1H3,(H,17,18)/t12-/m0/s1. The molecule has 1 amide bonds. The normalized spacial score (nSPS) is 18.0. The van der Waals surface area contributed by atoms with E-state index in [4.69, 9.17) is 13.9 Å². The van der Waals surface area contributed by atoms with Crippen molar-refractivity contribution in [1.29, 1.82) is 0 Å². The van der Waals surface area contributed by atoms with Crippen molar-refractivity contribution in [3.05, 3.63) is 30.0 Å². The Balaban J connectivity index is 1.76. The van der Waals surface area contributed by atoms with Crippen LogP contribution in [0.5, 0.6) is 5.75 Å². The molecule has 5 heteroatoms. The van der Waals surface area contributed by atoms with Crippen LogP contribution in [-0.4, -0.2) is 31.8 Å². The van der Waals surface area contributed by atoms with Gasteiger partial charge in [0.25, 0.3) is 5.91 Å². The first-order valence-electron chi connectivity index (χ1n) is 7.31. The highest BCUT2D eigenvalue weighted by molar-refractivity contribution is 5.99. The second kappa shape index (κ2) is 6.18. The molecule has 5 nitrogen and oxygen atoms in total. The van der Waals surface area contributed by atoms with E-state index in [1.54, 1.807) is 18.4 Å². The average molecular weight is 289 g/mol. The van der Waals surface area contributed by atoms with Crippen LogP contribution in [0.3, 0.4) is 0 Å². The maximum absolute atomic E-state index is 12.3.